The van der Waals surface area contributed by atoms with Crippen LogP contribution in [0.2, 0.25) is 0 Å². The van der Waals surface area contributed by atoms with E-state index in [9.17, 15) is 0 Å². The topological polar surface area (TPSA) is 32.6 Å². The van der Waals surface area contributed by atoms with Gasteiger partial charge in [0.2, 0.25) is 0 Å². The van der Waals surface area contributed by atoms with Crippen molar-refractivity contribution < 1.29 is 5.11 Å². The molecular formula is C8H14INO. The molecule has 1 saturated carbocycles. The van der Waals surface area contributed by atoms with Gasteiger partial charge in [-0.15, -0.1) is 0 Å². The fourth-order valence-corrected chi connectivity index (χ4v) is 2.08. The van der Waals surface area contributed by atoms with Crippen molar-refractivity contribution in [1.29, 1.82) is 0 Å². The second kappa shape index (κ2) is 5.09. The van der Waals surface area contributed by atoms with Gasteiger partial charge in [0, 0.05) is 12.5 Å². The highest BCUT2D eigenvalue weighted by molar-refractivity contribution is 14.1. The molecular weight excluding hydrogens is 253 g/mol. The normalized spacial score (nSPS) is 32.9. The largest absolute Gasteiger partial charge is 0.396 e. The molecule has 0 saturated heterocycles. The standard InChI is InChI=1S/C8H14INO/c9-6-10-8-4-2-1-3-7(8)5-11/h6-8,11H,1-5H2/b10-6+/t7-,8+/m1/s1. The SMILES string of the molecule is OC[C@H]1CCCC[C@@H]1/N=C/I. The van der Waals surface area contributed by atoms with Crippen LogP contribution in [0.15, 0.2) is 4.99 Å². The van der Waals surface area contributed by atoms with E-state index in [1.54, 1.807) is 0 Å². The second-order valence-electron chi connectivity index (χ2n) is 3.04. The second-order valence-corrected chi connectivity index (χ2v) is 3.60. The fourth-order valence-electron chi connectivity index (χ4n) is 1.67. The average Bonchev–Trinajstić information content (AvgIpc) is 2.06. The summed E-state index contributed by atoms with van der Waals surface area (Å²) in [5.74, 6) is 0.426. The van der Waals surface area contributed by atoms with Gasteiger partial charge < -0.3 is 5.11 Å². The summed E-state index contributed by atoms with van der Waals surface area (Å²) in [4.78, 5) is 4.34. The van der Waals surface area contributed by atoms with Gasteiger partial charge in [0.25, 0.3) is 0 Å². The lowest BCUT2D eigenvalue weighted by atomic mass is 9.85. The van der Waals surface area contributed by atoms with E-state index in [1.165, 1.54) is 12.8 Å². The quantitative estimate of drug-likeness (QED) is 0.602. The number of hydrogen-bond acceptors (Lipinski definition) is 2. The Labute approximate surface area is 81.2 Å². The molecule has 11 heavy (non-hydrogen) atoms. The van der Waals surface area contributed by atoms with E-state index in [0.717, 1.165) is 12.8 Å². The number of hydrogen-bond donors (Lipinski definition) is 1. The zero-order valence-corrected chi connectivity index (χ0v) is 8.70. The van der Waals surface area contributed by atoms with Gasteiger partial charge in [-0.25, -0.2) is 0 Å². The van der Waals surface area contributed by atoms with Crippen LogP contribution in [-0.2, 0) is 0 Å². The van der Waals surface area contributed by atoms with E-state index in [2.05, 4.69) is 27.6 Å². The van der Waals surface area contributed by atoms with Crippen molar-refractivity contribution in [3.05, 3.63) is 0 Å². The van der Waals surface area contributed by atoms with Crippen LogP contribution < -0.4 is 0 Å². The van der Waals surface area contributed by atoms with Gasteiger partial charge >= 0.3 is 0 Å². The summed E-state index contributed by atoms with van der Waals surface area (Å²) in [5, 5.41) is 9.01. The summed E-state index contributed by atoms with van der Waals surface area (Å²) in [7, 11) is 0. The lowest BCUT2D eigenvalue weighted by Crippen LogP contribution is -2.25. The molecule has 1 aliphatic carbocycles. The minimum absolute atomic E-state index is 0.304. The zero-order valence-electron chi connectivity index (χ0n) is 6.54. The van der Waals surface area contributed by atoms with E-state index in [-0.39, 0.29) is 0 Å². The van der Waals surface area contributed by atoms with Crippen LogP contribution >= 0.6 is 22.6 Å². The Bertz CT molecular complexity index is 138. The van der Waals surface area contributed by atoms with Gasteiger partial charge in [-0.2, -0.15) is 0 Å². The predicted octanol–water partition coefficient (Wildman–Crippen LogP) is 2.00. The number of aliphatic hydroxyl groups excluding tert-OH is 1. The minimum atomic E-state index is 0.304. The maximum absolute atomic E-state index is 9.01. The lowest BCUT2D eigenvalue weighted by molar-refractivity contribution is 0.172. The minimum Gasteiger partial charge on any atom is -0.396 e. The molecule has 64 valence electrons. The van der Waals surface area contributed by atoms with Crippen LogP contribution in [0.1, 0.15) is 25.7 Å². The first kappa shape index (κ1) is 9.45. The highest BCUT2D eigenvalue weighted by Crippen LogP contribution is 2.26. The molecule has 0 aromatic heterocycles. The number of nitrogens with zero attached hydrogens (tertiary/aromatic N) is 1. The first-order chi connectivity index (χ1) is 5.38. The Morgan fingerprint density at radius 3 is 2.82 bits per heavy atom. The fraction of sp³-hybridized carbons (Fsp3) is 0.875. The Morgan fingerprint density at radius 2 is 2.18 bits per heavy atom. The molecule has 0 amide bonds. The summed E-state index contributed by atoms with van der Waals surface area (Å²) >= 11 is 2.14. The molecule has 0 aliphatic heterocycles. The summed E-state index contributed by atoms with van der Waals surface area (Å²) < 4.78 is 1.83. The lowest BCUT2D eigenvalue weighted by Gasteiger charge is -2.26. The molecule has 0 heterocycles. The third-order valence-corrected chi connectivity index (χ3v) is 2.67. The van der Waals surface area contributed by atoms with Crippen LogP contribution in [0.5, 0.6) is 0 Å². The molecule has 1 aliphatic rings. The van der Waals surface area contributed by atoms with Gasteiger partial charge in [0.05, 0.1) is 10.3 Å². The zero-order chi connectivity index (χ0) is 8.10. The van der Waals surface area contributed by atoms with Gasteiger partial charge in [0.1, 0.15) is 0 Å². The smallest absolute Gasteiger partial charge is 0.0599 e. The van der Waals surface area contributed by atoms with Crippen molar-refractivity contribution >= 4 is 26.8 Å². The first-order valence-electron chi connectivity index (χ1n) is 4.11. The van der Waals surface area contributed by atoms with E-state index in [4.69, 9.17) is 5.11 Å². The van der Waals surface area contributed by atoms with Gasteiger partial charge in [-0.1, -0.05) is 12.8 Å². The van der Waals surface area contributed by atoms with Crippen LogP contribution in [0, 0.1) is 5.92 Å². The van der Waals surface area contributed by atoms with Crippen molar-refractivity contribution in [2.75, 3.05) is 6.61 Å². The van der Waals surface area contributed by atoms with Crippen LogP contribution in [0.25, 0.3) is 0 Å². The monoisotopic (exact) mass is 267 g/mol. The maximum Gasteiger partial charge on any atom is 0.0599 e. The number of aliphatic imine (C=N–C) groups is 1. The highest BCUT2D eigenvalue weighted by atomic mass is 127. The van der Waals surface area contributed by atoms with E-state index < -0.39 is 0 Å². The Morgan fingerprint density at radius 1 is 1.45 bits per heavy atom. The Kier molecular flexibility index (Phi) is 4.37. The maximum atomic E-state index is 9.01. The number of aliphatic hydroxyl groups is 1. The molecule has 0 bridgehead atoms. The van der Waals surface area contributed by atoms with Gasteiger partial charge in [-0.05, 0) is 35.4 Å². The number of rotatable bonds is 2. The highest BCUT2D eigenvalue weighted by Gasteiger charge is 2.22. The predicted molar refractivity (Wildman–Crippen MR) is 55.3 cm³/mol. The third-order valence-electron chi connectivity index (χ3n) is 2.35. The van der Waals surface area contributed by atoms with Gasteiger partial charge in [0.15, 0.2) is 0 Å². The van der Waals surface area contributed by atoms with Crippen LogP contribution in [-0.4, -0.2) is 22.0 Å². The van der Waals surface area contributed by atoms with Crippen LogP contribution in [0.4, 0.5) is 0 Å². The molecule has 2 nitrogen and oxygen atoms in total. The molecule has 1 rings (SSSR count). The summed E-state index contributed by atoms with van der Waals surface area (Å²) in [6.45, 7) is 0.304. The molecule has 1 fully saturated rings. The van der Waals surface area contributed by atoms with Crippen molar-refractivity contribution in [2.24, 2.45) is 10.9 Å². The molecule has 0 spiro atoms. The molecule has 1 N–H and O–H groups in total. The Hall–Kier alpha value is 0.360. The molecule has 0 unspecified atom stereocenters. The van der Waals surface area contributed by atoms with Crippen molar-refractivity contribution in [3.8, 4) is 0 Å². The van der Waals surface area contributed by atoms with Crippen LogP contribution in [0.3, 0.4) is 0 Å². The van der Waals surface area contributed by atoms with Crippen molar-refractivity contribution in [2.45, 2.75) is 31.7 Å². The van der Waals surface area contributed by atoms with E-state index in [1.807, 2.05) is 4.22 Å². The molecule has 0 aromatic rings. The summed E-state index contributed by atoms with van der Waals surface area (Å²) in [6, 6.07) is 0.394. The summed E-state index contributed by atoms with van der Waals surface area (Å²) in [5.41, 5.74) is 0. The summed E-state index contributed by atoms with van der Waals surface area (Å²) in [6.07, 6.45) is 4.84. The van der Waals surface area contributed by atoms with Gasteiger partial charge in [-0.3, -0.25) is 4.99 Å². The number of halogens is 1. The molecule has 0 radical (unpaired) electrons. The van der Waals surface area contributed by atoms with Crippen molar-refractivity contribution in [1.82, 2.24) is 0 Å². The first-order valence-corrected chi connectivity index (χ1v) is 5.35. The van der Waals surface area contributed by atoms with E-state index >= 15 is 0 Å². The molecule has 0 aromatic carbocycles. The van der Waals surface area contributed by atoms with E-state index in [0.29, 0.717) is 18.6 Å². The molecule has 2 atom stereocenters. The molecule has 3 heteroatoms. The average molecular weight is 267 g/mol. The van der Waals surface area contributed by atoms with Crippen molar-refractivity contribution in [3.63, 3.8) is 0 Å². The Balaban J connectivity index is 2.44. The third kappa shape index (κ3) is 2.71.